The topological polar surface area (TPSA) is 126 Å². The zero-order valence-electron chi connectivity index (χ0n) is 14.6. The van der Waals surface area contributed by atoms with E-state index >= 15 is 0 Å². The number of aliphatic hydroxyl groups excluding tert-OH is 1. The predicted molar refractivity (Wildman–Crippen MR) is 102 cm³/mol. The zero-order chi connectivity index (χ0) is 18.5. The number of nitrogens with zero attached hydrogens (tertiary/aromatic N) is 1. The van der Waals surface area contributed by atoms with E-state index in [1.54, 1.807) is 24.3 Å². The van der Waals surface area contributed by atoms with Gasteiger partial charge in [0.2, 0.25) is 0 Å². The number of anilines is 3. The molecule has 1 amide bonds. The largest absolute Gasteiger partial charge is 0.392 e. The Bertz CT molecular complexity index is 763. The fraction of sp³-hybridized carbons (Fsp3) is 0.368. The van der Waals surface area contributed by atoms with Crippen molar-refractivity contribution in [2.45, 2.75) is 44.4 Å². The standard InChI is InChI=1S/C19H25N5O2/c20-15-3-1-2-4-16(15)23-17-10-9-14(18(21)26)19(24-17)22-13-7-5-12(11-25)6-8-13/h5-10,15-16,25H,1-4,11,20H2,(H2,21,26)(H2,22,23,24). The van der Waals surface area contributed by atoms with Crippen molar-refractivity contribution < 1.29 is 9.90 Å². The number of nitrogens with two attached hydrogens (primary N) is 2. The summed E-state index contributed by atoms with van der Waals surface area (Å²) < 4.78 is 0. The number of aromatic nitrogens is 1. The second kappa shape index (κ2) is 8.16. The summed E-state index contributed by atoms with van der Waals surface area (Å²) in [5.41, 5.74) is 13.5. The van der Waals surface area contributed by atoms with Gasteiger partial charge >= 0.3 is 0 Å². The maximum Gasteiger partial charge on any atom is 0.252 e. The molecule has 1 heterocycles. The number of pyridine rings is 1. The monoisotopic (exact) mass is 355 g/mol. The van der Waals surface area contributed by atoms with Gasteiger partial charge in [0.25, 0.3) is 5.91 Å². The average Bonchev–Trinajstić information content (AvgIpc) is 2.64. The van der Waals surface area contributed by atoms with Gasteiger partial charge in [0.1, 0.15) is 11.6 Å². The quantitative estimate of drug-likeness (QED) is 0.540. The third kappa shape index (κ3) is 4.30. The number of nitrogens with one attached hydrogen (secondary N) is 2. The number of aliphatic hydroxyl groups is 1. The molecule has 1 fully saturated rings. The highest BCUT2D eigenvalue weighted by atomic mass is 16.3. The molecule has 1 aromatic carbocycles. The number of rotatable bonds is 6. The second-order valence-electron chi connectivity index (χ2n) is 6.64. The Kier molecular flexibility index (Phi) is 5.70. The molecular formula is C19H25N5O2. The molecule has 0 spiro atoms. The average molecular weight is 355 g/mol. The smallest absolute Gasteiger partial charge is 0.252 e. The van der Waals surface area contributed by atoms with Crippen molar-refractivity contribution in [2.75, 3.05) is 10.6 Å². The molecule has 0 aliphatic heterocycles. The maximum absolute atomic E-state index is 11.7. The minimum absolute atomic E-state index is 0.0217. The first kappa shape index (κ1) is 18.2. The number of carbonyl (C=O) groups is 1. The summed E-state index contributed by atoms with van der Waals surface area (Å²) in [7, 11) is 0. The first-order valence-corrected chi connectivity index (χ1v) is 8.86. The Morgan fingerprint density at radius 2 is 1.88 bits per heavy atom. The summed E-state index contributed by atoms with van der Waals surface area (Å²) in [5.74, 6) is 0.503. The SMILES string of the molecule is NC(=O)c1ccc(NC2CCCCC2N)nc1Nc1ccc(CO)cc1. The number of benzene rings is 1. The van der Waals surface area contributed by atoms with Gasteiger partial charge in [-0.2, -0.15) is 0 Å². The third-order valence-corrected chi connectivity index (χ3v) is 4.71. The lowest BCUT2D eigenvalue weighted by molar-refractivity contribution is 0.100. The Morgan fingerprint density at radius 1 is 1.15 bits per heavy atom. The highest BCUT2D eigenvalue weighted by molar-refractivity contribution is 5.98. The Balaban J connectivity index is 1.82. The molecule has 2 aromatic rings. The van der Waals surface area contributed by atoms with E-state index in [0.29, 0.717) is 17.2 Å². The number of carbonyl (C=O) groups excluding carboxylic acids is 1. The number of hydrogen-bond donors (Lipinski definition) is 5. The molecule has 3 rings (SSSR count). The van der Waals surface area contributed by atoms with Gasteiger partial charge in [-0.15, -0.1) is 0 Å². The maximum atomic E-state index is 11.7. The van der Waals surface area contributed by atoms with E-state index in [1.807, 2.05) is 12.1 Å². The van der Waals surface area contributed by atoms with Gasteiger partial charge < -0.3 is 27.2 Å². The van der Waals surface area contributed by atoms with E-state index in [4.69, 9.17) is 16.6 Å². The van der Waals surface area contributed by atoms with Gasteiger partial charge in [0, 0.05) is 17.8 Å². The molecule has 0 saturated heterocycles. The second-order valence-corrected chi connectivity index (χ2v) is 6.64. The molecule has 1 aliphatic rings. The summed E-state index contributed by atoms with van der Waals surface area (Å²) in [6.07, 6.45) is 4.31. The van der Waals surface area contributed by atoms with Crippen LogP contribution in [0, 0.1) is 0 Å². The normalized spacial score (nSPS) is 19.8. The van der Waals surface area contributed by atoms with Crippen LogP contribution >= 0.6 is 0 Å². The summed E-state index contributed by atoms with van der Waals surface area (Å²) in [4.78, 5) is 16.3. The minimum atomic E-state index is -0.548. The molecule has 2 unspecified atom stereocenters. The van der Waals surface area contributed by atoms with Crippen LogP contribution in [-0.4, -0.2) is 28.1 Å². The fourth-order valence-corrected chi connectivity index (χ4v) is 3.19. The van der Waals surface area contributed by atoms with E-state index in [0.717, 1.165) is 36.9 Å². The van der Waals surface area contributed by atoms with Gasteiger partial charge in [0.15, 0.2) is 0 Å². The van der Waals surface area contributed by atoms with Crippen molar-refractivity contribution in [1.29, 1.82) is 0 Å². The first-order chi connectivity index (χ1) is 12.6. The summed E-state index contributed by atoms with van der Waals surface area (Å²) in [5, 5.41) is 15.6. The van der Waals surface area contributed by atoms with Crippen molar-refractivity contribution in [2.24, 2.45) is 11.5 Å². The van der Waals surface area contributed by atoms with Crippen LogP contribution in [0.25, 0.3) is 0 Å². The van der Waals surface area contributed by atoms with Gasteiger partial charge in [-0.1, -0.05) is 25.0 Å². The van der Waals surface area contributed by atoms with E-state index in [9.17, 15) is 4.79 Å². The Morgan fingerprint density at radius 3 is 2.54 bits per heavy atom. The molecule has 0 bridgehead atoms. The molecule has 2 atom stereocenters. The van der Waals surface area contributed by atoms with Crippen LogP contribution in [0.4, 0.5) is 17.3 Å². The van der Waals surface area contributed by atoms with Gasteiger partial charge in [-0.05, 0) is 42.7 Å². The fourth-order valence-electron chi connectivity index (χ4n) is 3.19. The highest BCUT2D eigenvalue weighted by Crippen LogP contribution is 2.24. The molecule has 7 heteroatoms. The van der Waals surface area contributed by atoms with E-state index < -0.39 is 5.91 Å². The highest BCUT2D eigenvalue weighted by Gasteiger charge is 2.22. The van der Waals surface area contributed by atoms with E-state index in [2.05, 4.69) is 15.6 Å². The van der Waals surface area contributed by atoms with Gasteiger partial charge in [-0.25, -0.2) is 4.98 Å². The van der Waals surface area contributed by atoms with Crippen molar-refractivity contribution in [3.8, 4) is 0 Å². The van der Waals surface area contributed by atoms with Crippen LogP contribution < -0.4 is 22.1 Å². The summed E-state index contributed by atoms with van der Waals surface area (Å²) in [6.45, 7) is -0.0217. The molecule has 1 saturated carbocycles. The van der Waals surface area contributed by atoms with Crippen LogP contribution in [0.2, 0.25) is 0 Å². The minimum Gasteiger partial charge on any atom is -0.392 e. The molecule has 26 heavy (non-hydrogen) atoms. The van der Waals surface area contributed by atoms with Crippen molar-refractivity contribution in [3.05, 3.63) is 47.5 Å². The Labute approximate surface area is 152 Å². The van der Waals surface area contributed by atoms with Crippen LogP contribution in [-0.2, 0) is 6.61 Å². The molecule has 0 radical (unpaired) electrons. The molecular weight excluding hydrogens is 330 g/mol. The number of amides is 1. The summed E-state index contributed by atoms with van der Waals surface area (Å²) >= 11 is 0. The molecule has 138 valence electrons. The van der Waals surface area contributed by atoms with Crippen LogP contribution in [0.3, 0.4) is 0 Å². The van der Waals surface area contributed by atoms with Crippen LogP contribution in [0.15, 0.2) is 36.4 Å². The van der Waals surface area contributed by atoms with Gasteiger partial charge in [-0.3, -0.25) is 4.79 Å². The van der Waals surface area contributed by atoms with Crippen LogP contribution in [0.5, 0.6) is 0 Å². The van der Waals surface area contributed by atoms with Crippen molar-refractivity contribution >= 4 is 23.2 Å². The summed E-state index contributed by atoms with van der Waals surface area (Å²) in [6, 6.07) is 10.9. The molecule has 7 N–H and O–H groups in total. The third-order valence-electron chi connectivity index (χ3n) is 4.71. The zero-order valence-corrected chi connectivity index (χ0v) is 14.6. The van der Waals surface area contributed by atoms with E-state index in [1.165, 1.54) is 0 Å². The lowest BCUT2D eigenvalue weighted by Gasteiger charge is -2.29. The van der Waals surface area contributed by atoms with Crippen molar-refractivity contribution in [3.63, 3.8) is 0 Å². The lowest BCUT2D eigenvalue weighted by Crippen LogP contribution is -2.42. The van der Waals surface area contributed by atoms with Crippen LogP contribution in [0.1, 0.15) is 41.6 Å². The first-order valence-electron chi connectivity index (χ1n) is 8.86. The predicted octanol–water partition coefficient (Wildman–Crippen LogP) is 2.10. The molecule has 1 aromatic heterocycles. The molecule has 1 aliphatic carbocycles. The number of primary amides is 1. The number of hydrogen-bond acceptors (Lipinski definition) is 6. The molecule has 7 nitrogen and oxygen atoms in total. The van der Waals surface area contributed by atoms with Gasteiger partial charge in [0.05, 0.1) is 12.2 Å². The van der Waals surface area contributed by atoms with E-state index in [-0.39, 0.29) is 18.7 Å². The van der Waals surface area contributed by atoms with Crippen molar-refractivity contribution in [1.82, 2.24) is 4.98 Å². The Hall–Kier alpha value is -2.64. The lowest BCUT2D eigenvalue weighted by atomic mass is 9.91.